The fraction of sp³-hybridized carbons (Fsp3) is 0.588. The number of nitrogens with zero attached hydrogens (tertiary/aromatic N) is 1. The fourth-order valence-electron chi connectivity index (χ4n) is 1.99. The Hall–Kier alpha value is -1.55. The first kappa shape index (κ1) is 17.5. The highest BCUT2D eigenvalue weighted by Gasteiger charge is 2.28. The number of nitrogens with one attached hydrogen (secondary N) is 1. The molecule has 4 heteroatoms. The summed E-state index contributed by atoms with van der Waals surface area (Å²) in [6, 6.07) is 10.2. The summed E-state index contributed by atoms with van der Waals surface area (Å²) in [6.45, 7) is 10.3. The predicted octanol–water partition coefficient (Wildman–Crippen LogP) is 3.42. The normalized spacial score (nSPS) is 14.4. The van der Waals surface area contributed by atoms with Crippen molar-refractivity contribution in [2.24, 2.45) is 0 Å². The zero-order chi connectivity index (χ0) is 16.0. The number of likely N-dealkylation sites (N-methyl/N-ethyl adjacent to an activating group) is 1. The molecule has 0 heterocycles. The third kappa shape index (κ3) is 5.76. The number of hydrogen-bond donors (Lipinski definition) is 1. The minimum Gasteiger partial charge on any atom is -0.444 e. The van der Waals surface area contributed by atoms with Crippen LogP contribution in [0.1, 0.15) is 40.2 Å². The lowest BCUT2D eigenvalue weighted by atomic mass is 10.1. The summed E-state index contributed by atoms with van der Waals surface area (Å²) in [5, 5.41) is 3.20. The van der Waals surface area contributed by atoms with E-state index in [0.717, 1.165) is 5.56 Å². The Balaban J connectivity index is 2.91. The Labute approximate surface area is 128 Å². The molecule has 1 N–H and O–H groups in total. The van der Waals surface area contributed by atoms with Crippen LogP contribution in [-0.2, 0) is 11.3 Å². The first-order valence-electron chi connectivity index (χ1n) is 7.45. The highest BCUT2D eigenvalue weighted by Crippen LogP contribution is 2.16. The number of carbonyl (C=O) groups excluding carboxylic acids is 1. The summed E-state index contributed by atoms with van der Waals surface area (Å²) in [7, 11) is 1.90. The van der Waals surface area contributed by atoms with Crippen molar-refractivity contribution in [3.8, 4) is 0 Å². The van der Waals surface area contributed by atoms with E-state index in [4.69, 9.17) is 4.74 Å². The maximum absolute atomic E-state index is 12.5. The van der Waals surface area contributed by atoms with Gasteiger partial charge in [-0.05, 0) is 47.2 Å². The van der Waals surface area contributed by atoms with E-state index in [1.165, 1.54) is 0 Å². The van der Waals surface area contributed by atoms with Gasteiger partial charge in [0.1, 0.15) is 5.60 Å². The van der Waals surface area contributed by atoms with Crippen LogP contribution in [0.4, 0.5) is 4.79 Å². The second kappa shape index (κ2) is 7.46. The van der Waals surface area contributed by atoms with Crippen LogP contribution in [0.2, 0.25) is 0 Å². The highest BCUT2D eigenvalue weighted by molar-refractivity contribution is 5.68. The largest absolute Gasteiger partial charge is 0.444 e. The van der Waals surface area contributed by atoms with Gasteiger partial charge in [-0.3, -0.25) is 4.90 Å². The first-order chi connectivity index (χ1) is 9.74. The van der Waals surface area contributed by atoms with Crippen LogP contribution in [0, 0.1) is 0 Å². The molecule has 1 aromatic rings. The van der Waals surface area contributed by atoms with Gasteiger partial charge in [-0.2, -0.15) is 0 Å². The van der Waals surface area contributed by atoms with Crippen molar-refractivity contribution in [1.82, 2.24) is 10.2 Å². The number of benzene rings is 1. The first-order valence-corrected chi connectivity index (χ1v) is 7.45. The van der Waals surface area contributed by atoms with Crippen LogP contribution in [0.5, 0.6) is 0 Å². The SMILES string of the molecule is CNC(C)C(C)N(Cc1ccccc1)C(=O)OC(C)(C)C. The summed E-state index contributed by atoms with van der Waals surface area (Å²) < 4.78 is 5.55. The Morgan fingerprint density at radius 3 is 2.29 bits per heavy atom. The molecule has 0 aliphatic heterocycles. The molecule has 0 aliphatic carbocycles. The minimum absolute atomic E-state index is 0.0325. The van der Waals surface area contributed by atoms with Crippen LogP contribution < -0.4 is 5.32 Å². The predicted molar refractivity (Wildman–Crippen MR) is 86.2 cm³/mol. The molecule has 118 valence electrons. The van der Waals surface area contributed by atoms with E-state index in [1.807, 2.05) is 65.1 Å². The molecule has 0 bridgehead atoms. The van der Waals surface area contributed by atoms with Crippen LogP contribution in [0.15, 0.2) is 30.3 Å². The maximum atomic E-state index is 12.5. The zero-order valence-corrected chi connectivity index (χ0v) is 14.0. The van der Waals surface area contributed by atoms with E-state index < -0.39 is 5.60 Å². The molecule has 0 fully saturated rings. The van der Waals surface area contributed by atoms with Crippen molar-refractivity contribution in [2.75, 3.05) is 7.05 Å². The van der Waals surface area contributed by atoms with E-state index in [9.17, 15) is 4.79 Å². The van der Waals surface area contributed by atoms with E-state index in [-0.39, 0.29) is 18.2 Å². The molecule has 1 rings (SSSR count). The van der Waals surface area contributed by atoms with Crippen LogP contribution in [0.25, 0.3) is 0 Å². The van der Waals surface area contributed by atoms with E-state index >= 15 is 0 Å². The standard InChI is InChI=1S/C17H28N2O2/c1-13(18-6)14(2)19(16(20)21-17(3,4)5)12-15-10-8-7-9-11-15/h7-11,13-14,18H,12H2,1-6H3. The number of hydrogen-bond acceptors (Lipinski definition) is 3. The summed E-state index contributed by atoms with van der Waals surface area (Å²) in [5.41, 5.74) is 0.604. The molecular weight excluding hydrogens is 264 g/mol. The molecule has 1 aromatic carbocycles. The second-order valence-electron chi connectivity index (χ2n) is 6.41. The van der Waals surface area contributed by atoms with Crippen molar-refractivity contribution < 1.29 is 9.53 Å². The van der Waals surface area contributed by atoms with Crippen LogP contribution in [-0.4, -0.2) is 35.7 Å². The van der Waals surface area contributed by atoms with Gasteiger partial charge in [0.05, 0.1) is 0 Å². The quantitative estimate of drug-likeness (QED) is 0.904. The van der Waals surface area contributed by atoms with E-state index in [2.05, 4.69) is 12.2 Å². The number of carbonyl (C=O) groups is 1. The highest BCUT2D eigenvalue weighted by atomic mass is 16.6. The molecule has 21 heavy (non-hydrogen) atoms. The third-order valence-electron chi connectivity index (χ3n) is 3.49. The van der Waals surface area contributed by atoms with Gasteiger partial charge in [0.2, 0.25) is 0 Å². The Bertz CT molecular complexity index is 440. The van der Waals surface area contributed by atoms with Crippen molar-refractivity contribution >= 4 is 6.09 Å². The van der Waals surface area contributed by atoms with Crippen molar-refractivity contribution in [1.29, 1.82) is 0 Å². The molecule has 0 radical (unpaired) electrons. The van der Waals surface area contributed by atoms with E-state index in [1.54, 1.807) is 4.90 Å². The molecule has 0 spiro atoms. The number of amides is 1. The molecule has 2 unspecified atom stereocenters. The molecule has 0 aliphatic rings. The van der Waals surface area contributed by atoms with Gasteiger partial charge in [0.25, 0.3) is 0 Å². The Morgan fingerprint density at radius 1 is 1.24 bits per heavy atom. The van der Waals surface area contributed by atoms with Gasteiger partial charge in [0.15, 0.2) is 0 Å². The second-order valence-corrected chi connectivity index (χ2v) is 6.41. The Morgan fingerprint density at radius 2 is 1.81 bits per heavy atom. The maximum Gasteiger partial charge on any atom is 0.410 e. The fourth-order valence-corrected chi connectivity index (χ4v) is 1.99. The molecule has 4 nitrogen and oxygen atoms in total. The lowest BCUT2D eigenvalue weighted by molar-refractivity contribution is 0.0126. The molecule has 0 saturated carbocycles. The third-order valence-corrected chi connectivity index (χ3v) is 3.49. The summed E-state index contributed by atoms with van der Waals surface area (Å²) in [5.74, 6) is 0. The molecule has 1 amide bonds. The van der Waals surface area contributed by atoms with Crippen molar-refractivity contribution in [3.05, 3.63) is 35.9 Å². The van der Waals surface area contributed by atoms with Crippen LogP contribution >= 0.6 is 0 Å². The number of rotatable bonds is 5. The van der Waals surface area contributed by atoms with Gasteiger partial charge < -0.3 is 10.1 Å². The molecule has 2 atom stereocenters. The van der Waals surface area contributed by atoms with Crippen molar-refractivity contribution in [2.45, 2.75) is 58.8 Å². The van der Waals surface area contributed by atoms with Gasteiger partial charge >= 0.3 is 6.09 Å². The van der Waals surface area contributed by atoms with Crippen molar-refractivity contribution in [3.63, 3.8) is 0 Å². The zero-order valence-electron chi connectivity index (χ0n) is 14.0. The lowest BCUT2D eigenvalue weighted by Crippen LogP contribution is -2.49. The monoisotopic (exact) mass is 292 g/mol. The molecule has 0 aromatic heterocycles. The summed E-state index contributed by atoms with van der Waals surface area (Å²) >= 11 is 0. The smallest absolute Gasteiger partial charge is 0.410 e. The molecular formula is C17H28N2O2. The van der Waals surface area contributed by atoms with Gasteiger partial charge in [-0.25, -0.2) is 4.79 Å². The summed E-state index contributed by atoms with van der Waals surface area (Å²) in [6.07, 6.45) is -0.277. The topological polar surface area (TPSA) is 41.6 Å². The van der Waals surface area contributed by atoms with Gasteiger partial charge in [-0.15, -0.1) is 0 Å². The van der Waals surface area contributed by atoms with Gasteiger partial charge in [-0.1, -0.05) is 30.3 Å². The average molecular weight is 292 g/mol. The van der Waals surface area contributed by atoms with E-state index in [0.29, 0.717) is 6.54 Å². The minimum atomic E-state index is -0.491. The lowest BCUT2D eigenvalue weighted by Gasteiger charge is -2.34. The van der Waals surface area contributed by atoms with Crippen LogP contribution in [0.3, 0.4) is 0 Å². The number of ether oxygens (including phenoxy) is 1. The Kier molecular flexibility index (Phi) is 6.21. The summed E-state index contributed by atoms with van der Waals surface area (Å²) in [4.78, 5) is 14.3. The average Bonchev–Trinajstić information content (AvgIpc) is 2.42. The van der Waals surface area contributed by atoms with Gasteiger partial charge in [0, 0.05) is 18.6 Å². The molecule has 0 saturated heterocycles.